The van der Waals surface area contributed by atoms with E-state index in [1.54, 1.807) is 0 Å². The second kappa shape index (κ2) is 7.86. The van der Waals surface area contributed by atoms with Gasteiger partial charge in [0, 0.05) is 0 Å². The SMILES string of the molecule is CCCCC[N+](C)(C)C.O=C([O-])O. The van der Waals surface area contributed by atoms with Crippen LogP contribution < -0.4 is 5.11 Å². The molecule has 4 heteroatoms. The van der Waals surface area contributed by atoms with Gasteiger partial charge in [-0.25, -0.2) is 0 Å². The molecule has 0 heterocycles. The highest BCUT2D eigenvalue weighted by Crippen LogP contribution is 1.98. The molecule has 0 spiro atoms. The largest absolute Gasteiger partial charge is 0.565 e. The van der Waals surface area contributed by atoms with E-state index >= 15 is 0 Å². The van der Waals surface area contributed by atoms with Crippen LogP contribution in [-0.4, -0.2) is 43.4 Å². The number of hydrogen-bond acceptors (Lipinski definition) is 2. The van der Waals surface area contributed by atoms with Crippen molar-refractivity contribution in [1.29, 1.82) is 0 Å². The maximum absolute atomic E-state index is 8.44. The van der Waals surface area contributed by atoms with Crippen LogP contribution in [0.4, 0.5) is 4.79 Å². The maximum Gasteiger partial charge on any atom is 0.249 e. The van der Waals surface area contributed by atoms with E-state index in [0.29, 0.717) is 0 Å². The van der Waals surface area contributed by atoms with Crippen LogP contribution in [0.1, 0.15) is 26.2 Å². The van der Waals surface area contributed by atoms with Crippen molar-refractivity contribution in [1.82, 2.24) is 0 Å². The maximum atomic E-state index is 8.44. The van der Waals surface area contributed by atoms with Crippen molar-refractivity contribution >= 4 is 6.16 Å². The summed E-state index contributed by atoms with van der Waals surface area (Å²) in [6.07, 6.45) is 2.01. The van der Waals surface area contributed by atoms with Crippen LogP contribution in [0.15, 0.2) is 0 Å². The first kappa shape index (κ1) is 14.7. The predicted octanol–water partition coefficient (Wildman–Crippen LogP) is 0.771. The Morgan fingerprint density at radius 1 is 1.31 bits per heavy atom. The van der Waals surface area contributed by atoms with Crippen LogP contribution in [0.3, 0.4) is 0 Å². The molecule has 0 unspecified atom stereocenters. The van der Waals surface area contributed by atoms with E-state index in [4.69, 9.17) is 15.0 Å². The smallest absolute Gasteiger partial charge is 0.249 e. The molecular formula is C9H21NO3. The Balaban J connectivity index is 0. The molecular weight excluding hydrogens is 170 g/mol. The fourth-order valence-electron chi connectivity index (χ4n) is 0.836. The van der Waals surface area contributed by atoms with E-state index in [1.807, 2.05) is 0 Å². The zero-order chi connectivity index (χ0) is 10.9. The summed E-state index contributed by atoms with van der Waals surface area (Å²) in [6, 6.07) is 0. The Labute approximate surface area is 80.4 Å². The summed E-state index contributed by atoms with van der Waals surface area (Å²) in [6.45, 7) is 3.56. The zero-order valence-corrected chi connectivity index (χ0v) is 9.04. The first-order chi connectivity index (χ1) is 5.79. The topological polar surface area (TPSA) is 60.4 Å². The van der Waals surface area contributed by atoms with Crippen LogP contribution in [0.5, 0.6) is 0 Å². The van der Waals surface area contributed by atoms with Crippen LogP contribution in [-0.2, 0) is 0 Å². The number of nitrogens with zero attached hydrogens (tertiary/aromatic N) is 1. The van der Waals surface area contributed by atoms with E-state index in [2.05, 4.69) is 28.1 Å². The lowest BCUT2D eigenvalue weighted by molar-refractivity contribution is -0.870. The molecule has 0 atom stereocenters. The molecule has 0 radical (unpaired) electrons. The molecule has 0 saturated carbocycles. The van der Waals surface area contributed by atoms with Gasteiger partial charge in [0.25, 0.3) is 0 Å². The number of quaternary nitrogens is 1. The van der Waals surface area contributed by atoms with Gasteiger partial charge in [-0.2, -0.15) is 0 Å². The van der Waals surface area contributed by atoms with E-state index in [9.17, 15) is 0 Å². The monoisotopic (exact) mass is 191 g/mol. The Bertz CT molecular complexity index is 125. The quantitative estimate of drug-likeness (QED) is 0.527. The van der Waals surface area contributed by atoms with Gasteiger partial charge in [-0.1, -0.05) is 13.3 Å². The summed E-state index contributed by atoms with van der Waals surface area (Å²) in [5.41, 5.74) is 0. The lowest BCUT2D eigenvalue weighted by Crippen LogP contribution is -2.35. The number of carbonyl (C=O) groups is 1. The van der Waals surface area contributed by atoms with Crippen LogP contribution in [0, 0.1) is 0 Å². The molecule has 4 nitrogen and oxygen atoms in total. The van der Waals surface area contributed by atoms with Crippen LogP contribution in [0.2, 0.25) is 0 Å². The van der Waals surface area contributed by atoms with Gasteiger partial charge in [0.2, 0.25) is 6.16 Å². The molecule has 0 aliphatic rings. The van der Waals surface area contributed by atoms with Gasteiger partial charge in [0.1, 0.15) is 0 Å². The minimum atomic E-state index is -2.08. The summed E-state index contributed by atoms with van der Waals surface area (Å²) < 4.78 is 1.11. The molecule has 13 heavy (non-hydrogen) atoms. The van der Waals surface area contributed by atoms with Gasteiger partial charge in [-0.05, 0) is 12.8 Å². The van der Waals surface area contributed by atoms with Gasteiger partial charge in [-0.3, -0.25) is 0 Å². The molecule has 0 aromatic rings. The molecule has 0 amide bonds. The molecule has 0 aliphatic carbocycles. The minimum Gasteiger partial charge on any atom is -0.565 e. The molecule has 0 aliphatic heterocycles. The van der Waals surface area contributed by atoms with E-state index in [1.165, 1.54) is 25.8 Å². The van der Waals surface area contributed by atoms with E-state index < -0.39 is 6.16 Å². The van der Waals surface area contributed by atoms with E-state index in [0.717, 1.165) is 4.48 Å². The number of carboxylic acid groups (broad SMARTS) is 2. The second-order valence-electron chi connectivity index (χ2n) is 3.99. The summed E-state index contributed by atoms with van der Waals surface area (Å²) in [5.74, 6) is 0. The number of hydrogen-bond donors (Lipinski definition) is 1. The first-order valence-corrected chi connectivity index (χ1v) is 4.50. The van der Waals surface area contributed by atoms with Crippen molar-refractivity contribution in [3.8, 4) is 0 Å². The van der Waals surface area contributed by atoms with Crippen molar-refractivity contribution in [2.75, 3.05) is 27.7 Å². The average molecular weight is 191 g/mol. The predicted molar refractivity (Wildman–Crippen MR) is 50.4 cm³/mol. The average Bonchev–Trinajstić information content (AvgIpc) is 1.83. The van der Waals surface area contributed by atoms with Crippen molar-refractivity contribution < 1.29 is 19.5 Å². The highest BCUT2D eigenvalue weighted by Gasteiger charge is 2.03. The second-order valence-corrected chi connectivity index (χ2v) is 3.99. The molecule has 0 aromatic heterocycles. The molecule has 1 N–H and O–H groups in total. The zero-order valence-electron chi connectivity index (χ0n) is 9.04. The Morgan fingerprint density at radius 2 is 1.69 bits per heavy atom. The lowest BCUT2D eigenvalue weighted by Gasteiger charge is -2.23. The summed E-state index contributed by atoms with van der Waals surface area (Å²) in [4.78, 5) is 8.44. The van der Waals surface area contributed by atoms with Gasteiger partial charge in [0.05, 0.1) is 27.7 Å². The first-order valence-electron chi connectivity index (χ1n) is 4.50. The van der Waals surface area contributed by atoms with Crippen LogP contribution in [0.25, 0.3) is 0 Å². The fourth-order valence-corrected chi connectivity index (χ4v) is 0.836. The molecule has 0 rings (SSSR count). The Kier molecular flexibility index (Phi) is 8.91. The molecule has 0 fully saturated rings. The highest BCUT2D eigenvalue weighted by molar-refractivity contribution is 5.50. The minimum absolute atomic E-state index is 1.11. The van der Waals surface area contributed by atoms with E-state index in [-0.39, 0.29) is 0 Å². The third-order valence-corrected chi connectivity index (χ3v) is 1.43. The standard InChI is InChI=1S/C8H20N.CH2O3/c1-5-6-7-8-9(2,3)4;2-1(3)4/h5-8H2,1-4H3;(H2,2,3,4)/q+1;/p-1. The third kappa shape index (κ3) is 35.0. The summed E-state index contributed by atoms with van der Waals surface area (Å²) in [7, 11) is 6.74. The molecule has 0 bridgehead atoms. The van der Waals surface area contributed by atoms with Gasteiger partial charge in [0.15, 0.2) is 0 Å². The van der Waals surface area contributed by atoms with Crippen molar-refractivity contribution in [3.05, 3.63) is 0 Å². The van der Waals surface area contributed by atoms with Gasteiger partial charge >= 0.3 is 0 Å². The molecule has 0 aromatic carbocycles. The summed E-state index contributed by atoms with van der Waals surface area (Å²) >= 11 is 0. The van der Waals surface area contributed by atoms with Crippen molar-refractivity contribution in [2.45, 2.75) is 26.2 Å². The van der Waals surface area contributed by atoms with Gasteiger partial charge < -0.3 is 19.5 Å². The summed E-state index contributed by atoms with van der Waals surface area (Å²) in [5, 5.41) is 15.3. The third-order valence-electron chi connectivity index (χ3n) is 1.43. The molecule has 80 valence electrons. The fraction of sp³-hybridized carbons (Fsp3) is 0.889. The van der Waals surface area contributed by atoms with Crippen LogP contribution >= 0.6 is 0 Å². The normalized spacial score (nSPS) is 10.2. The highest BCUT2D eigenvalue weighted by atomic mass is 16.6. The van der Waals surface area contributed by atoms with Crippen molar-refractivity contribution in [3.63, 3.8) is 0 Å². The van der Waals surface area contributed by atoms with Gasteiger partial charge in [-0.15, -0.1) is 0 Å². The number of rotatable bonds is 4. The Hall–Kier alpha value is -0.770. The Morgan fingerprint density at radius 3 is 1.92 bits per heavy atom. The lowest BCUT2D eigenvalue weighted by atomic mass is 10.2. The molecule has 0 saturated heterocycles. The number of unbranched alkanes of at least 4 members (excludes halogenated alkanes) is 2. The van der Waals surface area contributed by atoms with Crippen molar-refractivity contribution in [2.24, 2.45) is 0 Å².